The Morgan fingerprint density at radius 1 is 1.29 bits per heavy atom. The summed E-state index contributed by atoms with van der Waals surface area (Å²) in [5.74, 6) is -0.396. The van der Waals surface area contributed by atoms with Crippen LogP contribution in [-0.4, -0.2) is 24.7 Å². The number of amides is 1. The van der Waals surface area contributed by atoms with Crippen molar-refractivity contribution in [1.82, 2.24) is 0 Å². The van der Waals surface area contributed by atoms with E-state index >= 15 is 0 Å². The third-order valence-electron chi connectivity index (χ3n) is 2.51. The molecule has 1 saturated carbocycles. The Balaban J connectivity index is 2.34. The van der Waals surface area contributed by atoms with Gasteiger partial charge in [-0.15, -0.1) is 0 Å². The quantitative estimate of drug-likeness (QED) is 0.495. The van der Waals surface area contributed by atoms with Gasteiger partial charge in [-0.25, -0.2) is 4.99 Å². The zero-order valence-electron chi connectivity index (χ0n) is 8.36. The number of aliphatic imine (C=N–C) groups is 1. The lowest BCUT2D eigenvalue weighted by atomic mass is 9.87. The lowest BCUT2D eigenvalue weighted by Crippen LogP contribution is -2.26. The van der Waals surface area contributed by atoms with Gasteiger partial charge in [-0.2, -0.15) is 0 Å². The van der Waals surface area contributed by atoms with Crippen LogP contribution in [0, 0.1) is 5.92 Å². The Kier molecular flexibility index (Phi) is 3.80. The van der Waals surface area contributed by atoms with Crippen LogP contribution in [0.4, 0.5) is 0 Å². The standard InChI is InChI=1S/C10H15NO3/c1-7(12)14-9-5-3-8(4-6-9)10(13)11-2/h8-9H,2-6H2,1H3/t8-,9+. The normalized spacial score (nSPS) is 26.6. The Morgan fingerprint density at radius 3 is 2.29 bits per heavy atom. The molecule has 1 fully saturated rings. The average molecular weight is 197 g/mol. The van der Waals surface area contributed by atoms with Gasteiger partial charge in [0.15, 0.2) is 0 Å². The van der Waals surface area contributed by atoms with Gasteiger partial charge in [-0.1, -0.05) is 0 Å². The summed E-state index contributed by atoms with van der Waals surface area (Å²) < 4.78 is 5.06. The van der Waals surface area contributed by atoms with Crippen molar-refractivity contribution in [2.45, 2.75) is 38.7 Å². The molecule has 14 heavy (non-hydrogen) atoms. The van der Waals surface area contributed by atoms with Crippen molar-refractivity contribution in [2.24, 2.45) is 10.9 Å². The molecule has 1 aliphatic rings. The summed E-state index contributed by atoms with van der Waals surface area (Å²) >= 11 is 0. The molecule has 0 spiro atoms. The molecule has 0 bridgehead atoms. The van der Waals surface area contributed by atoms with Crippen molar-refractivity contribution >= 4 is 18.6 Å². The molecule has 0 saturated heterocycles. The first-order valence-corrected chi connectivity index (χ1v) is 4.81. The first-order chi connectivity index (χ1) is 6.63. The zero-order chi connectivity index (χ0) is 10.6. The molecular formula is C10H15NO3. The molecule has 0 unspecified atom stereocenters. The van der Waals surface area contributed by atoms with Crippen LogP contribution in [0.2, 0.25) is 0 Å². The largest absolute Gasteiger partial charge is 0.463 e. The van der Waals surface area contributed by atoms with Gasteiger partial charge >= 0.3 is 5.97 Å². The van der Waals surface area contributed by atoms with E-state index in [1.54, 1.807) is 0 Å². The molecule has 0 atom stereocenters. The summed E-state index contributed by atoms with van der Waals surface area (Å²) in [6.07, 6.45) is 2.99. The Hall–Kier alpha value is -1.19. The molecule has 78 valence electrons. The van der Waals surface area contributed by atoms with Crippen molar-refractivity contribution in [1.29, 1.82) is 0 Å². The number of hydrogen-bond acceptors (Lipinski definition) is 3. The van der Waals surface area contributed by atoms with Crippen molar-refractivity contribution in [2.75, 3.05) is 0 Å². The first kappa shape index (κ1) is 10.9. The number of ether oxygens (including phenoxy) is 1. The molecule has 0 aliphatic heterocycles. The number of hydrogen-bond donors (Lipinski definition) is 0. The highest BCUT2D eigenvalue weighted by Gasteiger charge is 2.26. The van der Waals surface area contributed by atoms with E-state index in [9.17, 15) is 9.59 Å². The fourth-order valence-electron chi connectivity index (χ4n) is 1.79. The van der Waals surface area contributed by atoms with Crippen LogP contribution in [0.3, 0.4) is 0 Å². The second-order valence-electron chi connectivity index (χ2n) is 3.58. The maximum atomic E-state index is 11.2. The van der Waals surface area contributed by atoms with Crippen molar-refractivity contribution in [3.05, 3.63) is 0 Å². The highest BCUT2D eigenvalue weighted by molar-refractivity contribution is 5.82. The number of carbonyl (C=O) groups is 2. The molecule has 0 aromatic heterocycles. The minimum absolute atomic E-state index is 0.0126. The predicted molar refractivity (Wildman–Crippen MR) is 52.1 cm³/mol. The zero-order valence-corrected chi connectivity index (χ0v) is 8.36. The Bertz CT molecular complexity index is 242. The molecular weight excluding hydrogens is 182 g/mol. The molecule has 1 amide bonds. The van der Waals surface area contributed by atoms with Crippen LogP contribution in [-0.2, 0) is 14.3 Å². The number of carbonyl (C=O) groups excluding carboxylic acids is 2. The maximum Gasteiger partial charge on any atom is 0.302 e. The van der Waals surface area contributed by atoms with Gasteiger partial charge in [-0.05, 0) is 32.4 Å². The Morgan fingerprint density at radius 2 is 1.86 bits per heavy atom. The second-order valence-corrected chi connectivity index (χ2v) is 3.58. The topological polar surface area (TPSA) is 55.7 Å². The Labute approximate surface area is 83.3 Å². The summed E-state index contributed by atoms with van der Waals surface area (Å²) in [4.78, 5) is 25.2. The van der Waals surface area contributed by atoms with Crippen LogP contribution >= 0.6 is 0 Å². The van der Waals surface area contributed by atoms with Crippen LogP contribution in [0.1, 0.15) is 32.6 Å². The summed E-state index contributed by atoms with van der Waals surface area (Å²) in [5.41, 5.74) is 0. The van der Waals surface area contributed by atoms with Crippen LogP contribution in [0.5, 0.6) is 0 Å². The van der Waals surface area contributed by atoms with Gasteiger partial charge in [0.2, 0.25) is 5.91 Å². The van der Waals surface area contributed by atoms with E-state index in [1.165, 1.54) is 6.92 Å². The van der Waals surface area contributed by atoms with Gasteiger partial charge in [0.25, 0.3) is 0 Å². The second kappa shape index (κ2) is 4.88. The van der Waals surface area contributed by atoms with Crippen molar-refractivity contribution in [3.63, 3.8) is 0 Å². The van der Waals surface area contributed by atoms with Crippen LogP contribution in [0.25, 0.3) is 0 Å². The van der Waals surface area contributed by atoms with E-state index < -0.39 is 0 Å². The summed E-state index contributed by atoms with van der Waals surface area (Å²) in [7, 11) is 0. The molecule has 0 aromatic carbocycles. The SMILES string of the molecule is C=NC(=O)[C@H]1CC[C@@H](OC(C)=O)CC1. The maximum absolute atomic E-state index is 11.2. The van der Waals surface area contributed by atoms with Crippen LogP contribution < -0.4 is 0 Å². The minimum atomic E-state index is -0.248. The lowest BCUT2D eigenvalue weighted by Gasteiger charge is -2.25. The number of nitrogens with zero attached hydrogens (tertiary/aromatic N) is 1. The van der Waals surface area contributed by atoms with E-state index in [0.29, 0.717) is 0 Å². The summed E-state index contributed by atoms with van der Waals surface area (Å²) in [5, 5.41) is 0. The van der Waals surface area contributed by atoms with Gasteiger partial charge in [0, 0.05) is 12.8 Å². The summed E-state index contributed by atoms with van der Waals surface area (Å²) in [6, 6.07) is 0. The molecule has 1 aliphatic carbocycles. The first-order valence-electron chi connectivity index (χ1n) is 4.81. The smallest absolute Gasteiger partial charge is 0.302 e. The molecule has 4 heteroatoms. The number of rotatable bonds is 2. The minimum Gasteiger partial charge on any atom is -0.463 e. The molecule has 0 radical (unpaired) electrons. The third-order valence-corrected chi connectivity index (χ3v) is 2.51. The van der Waals surface area contributed by atoms with Gasteiger partial charge in [0.05, 0.1) is 0 Å². The monoisotopic (exact) mass is 197 g/mol. The molecule has 4 nitrogen and oxygen atoms in total. The lowest BCUT2D eigenvalue weighted by molar-refractivity contribution is -0.148. The van der Waals surface area contributed by atoms with Gasteiger partial charge in [-0.3, -0.25) is 9.59 Å². The molecule has 0 heterocycles. The predicted octanol–water partition coefficient (Wildman–Crippen LogP) is 1.34. The highest BCUT2D eigenvalue weighted by Crippen LogP contribution is 2.27. The average Bonchev–Trinajstić information content (AvgIpc) is 2.17. The van der Waals surface area contributed by atoms with E-state index in [4.69, 9.17) is 4.74 Å². The fraction of sp³-hybridized carbons (Fsp3) is 0.700. The van der Waals surface area contributed by atoms with Gasteiger partial charge < -0.3 is 4.74 Å². The highest BCUT2D eigenvalue weighted by atomic mass is 16.5. The van der Waals surface area contributed by atoms with Gasteiger partial charge in [0.1, 0.15) is 6.10 Å². The van der Waals surface area contributed by atoms with E-state index in [-0.39, 0.29) is 23.9 Å². The van der Waals surface area contributed by atoms with Crippen molar-refractivity contribution < 1.29 is 14.3 Å². The third kappa shape index (κ3) is 2.94. The molecule has 0 N–H and O–H groups in total. The van der Waals surface area contributed by atoms with E-state index in [0.717, 1.165) is 25.7 Å². The summed E-state index contributed by atoms with van der Waals surface area (Å²) in [6.45, 7) is 4.62. The van der Waals surface area contributed by atoms with E-state index in [1.807, 2.05) is 0 Å². The molecule has 0 aromatic rings. The van der Waals surface area contributed by atoms with Crippen LogP contribution in [0.15, 0.2) is 4.99 Å². The number of esters is 1. The fourth-order valence-corrected chi connectivity index (χ4v) is 1.79. The van der Waals surface area contributed by atoms with Crippen molar-refractivity contribution in [3.8, 4) is 0 Å². The van der Waals surface area contributed by atoms with E-state index in [2.05, 4.69) is 11.7 Å². The molecule has 1 rings (SSSR count).